The molecule has 2 atom stereocenters. The molecule has 31 heavy (non-hydrogen) atoms. The van der Waals surface area contributed by atoms with Gasteiger partial charge < -0.3 is 14.7 Å². The first kappa shape index (κ1) is 23.4. The molecule has 3 rings (SSSR count). The average Bonchev–Trinajstić information content (AvgIpc) is 2.71. The molecule has 166 valence electrons. The molecule has 1 N–H and O–H groups in total. The summed E-state index contributed by atoms with van der Waals surface area (Å²) in [5, 5.41) is 10.2. The Morgan fingerprint density at radius 2 is 1.71 bits per heavy atom. The summed E-state index contributed by atoms with van der Waals surface area (Å²) in [6.45, 7) is 6.12. The van der Waals surface area contributed by atoms with E-state index < -0.39 is 5.97 Å². The number of benzene rings is 2. The Morgan fingerprint density at radius 3 is 2.39 bits per heavy atom. The smallest absolute Gasteiger partial charge is 0.307 e. The van der Waals surface area contributed by atoms with Gasteiger partial charge in [0.25, 0.3) is 5.91 Å². The molecule has 8 heteroatoms. The molecule has 2 unspecified atom stereocenters. The fraction of sp³-hybridized carbons (Fsp3) is 0.391. The molecule has 0 bridgehead atoms. The Hall–Kier alpha value is -2.28. The third-order valence-electron chi connectivity index (χ3n) is 5.45. The van der Waals surface area contributed by atoms with Gasteiger partial charge in [-0.15, -0.1) is 0 Å². The van der Waals surface area contributed by atoms with Crippen molar-refractivity contribution in [3.8, 4) is 5.75 Å². The number of hydrogen-bond donors (Lipinski definition) is 1. The molecule has 1 saturated heterocycles. The summed E-state index contributed by atoms with van der Waals surface area (Å²) in [6, 6.07) is 12.8. The fourth-order valence-corrected chi connectivity index (χ4v) is 4.12. The lowest BCUT2D eigenvalue weighted by atomic mass is 10.1. The molecule has 0 radical (unpaired) electrons. The lowest BCUT2D eigenvalue weighted by Crippen LogP contribution is -2.58. The highest BCUT2D eigenvalue weighted by Crippen LogP contribution is 2.24. The molecular formula is C23H26Cl2N2O4. The maximum Gasteiger partial charge on any atom is 0.307 e. The van der Waals surface area contributed by atoms with Crippen LogP contribution in [0, 0.1) is 0 Å². The van der Waals surface area contributed by atoms with E-state index in [4.69, 9.17) is 33.0 Å². The zero-order valence-electron chi connectivity index (χ0n) is 17.6. The minimum Gasteiger partial charge on any atom is -0.483 e. The molecule has 0 saturated carbocycles. The number of nitrogens with zero attached hydrogens (tertiary/aromatic N) is 2. The summed E-state index contributed by atoms with van der Waals surface area (Å²) in [5.41, 5.74) is 1.63. The molecule has 1 amide bonds. The van der Waals surface area contributed by atoms with Crippen molar-refractivity contribution in [3.63, 3.8) is 0 Å². The number of carbonyl (C=O) groups excluding carboxylic acids is 1. The molecule has 1 aliphatic rings. The second-order valence-electron chi connectivity index (χ2n) is 7.91. The van der Waals surface area contributed by atoms with Gasteiger partial charge in [-0.2, -0.15) is 0 Å². The van der Waals surface area contributed by atoms with Crippen molar-refractivity contribution < 1.29 is 19.4 Å². The average molecular weight is 465 g/mol. The van der Waals surface area contributed by atoms with E-state index in [2.05, 4.69) is 11.8 Å². The summed E-state index contributed by atoms with van der Waals surface area (Å²) in [6.07, 6.45) is -0.221. The maximum atomic E-state index is 12.9. The molecule has 1 fully saturated rings. The van der Waals surface area contributed by atoms with Crippen molar-refractivity contribution in [1.29, 1.82) is 0 Å². The van der Waals surface area contributed by atoms with E-state index >= 15 is 0 Å². The van der Waals surface area contributed by atoms with E-state index in [-0.39, 0.29) is 31.0 Å². The minimum atomic E-state index is -0.988. The predicted octanol–water partition coefficient (Wildman–Crippen LogP) is 4.12. The highest BCUT2D eigenvalue weighted by Gasteiger charge is 2.32. The molecule has 0 aromatic heterocycles. The zero-order chi connectivity index (χ0) is 22.5. The second-order valence-corrected chi connectivity index (χ2v) is 8.78. The number of carbonyl (C=O) groups is 2. The van der Waals surface area contributed by atoms with Crippen LogP contribution < -0.4 is 4.74 Å². The zero-order valence-corrected chi connectivity index (χ0v) is 19.1. The van der Waals surface area contributed by atoms with Crippen LogP contribution in [0.5, 0.6) is 5.75 Å². The van der Waals surface area contributed by atoms with Gasteiger partial charge in [-0.05, 0) is 49.7 Å². The molecule has 0 aliphatic carbocycles. The van der Waals surface area contributed by atoms with Crippen LogP contribution in [-0.2, 0) is 22.6 Å². The van der Waals surface area contributed by atoms with E-state index in [0.29, 0.717) is 27.9 Å². The van der Waals surface area contributed by atoms with Crippen LogP contribution in [0.2, 0.25) is 10.0 Å². The summed E-state index contributed by atoms with van der Waals surface area (Å²) >= 11 is 11.9. The third-order valence-corrected chi connectivity index (χ3v) is 5.94. The van der Waals surface area contributed by atoms with Gasteiger partial charge in [0.05, 0.1) is 6.42 Å². The number of piperazine rings is 1. The first-order valence-corrected chi connectivity index (χ1v) is 10.9. The minimum absolute atomic E-state index is 0.0308. The van der Waals surface area contributed by atoms with Crippen molar-refractivity contribution in [1.82, 2.24) is 9.80 Å². The largest absolute Gasteiger partial charge is 0.483 e. The van der Waals surface area contributed by atoms with Crippen molar-refractivity contribution in [2.75, 3.05) is 19.7 Å². The van der Waals surface area contributed by atoms with E-state index in [1.165, 1.54) is 5.56 Å². The first-order chi connectivity index (χ1) is 14.7. The lowest BCUT2D eigenvalue weighted by Gasteiger charge is -2.44. The summed E-state index contributed by atoms with van der Waals surface area (Å²) in [5.74, 6) is -0.748. The SMILES string of the molecule is CC1CN(C(=O)COc2ccc(Cl)cc2CC(=O)O)C(C)CN1Cc1ccc(Cl)cc1. The van der Waals surface area contributed by atoms with Gasteiger partial charge in [0.15, 0.2) is 6.61 Å². The molecule has 2 aromatic carbocycles. The molecule has 1 aliphatic heterocycles. The second kappa shape index (κ2) is 10.4. The molecular weight excluding hydrogens is 439 g/mol. The van der Waals surface area contributed by atoms with Gasteiger partial charge in [0.1, 0.15) is 5.75 Å². The number of carboxylic acids is 1. The van der Waals surface area contributed by atoms with Gasteiger partial charge in [-0.1, -0.05) is 35.3 Å². The van der Waals surface area contributed by atoms with Crippen LogP contribution in [0.15, 0.2) is 42.5 Å². The Bertz CT molecular complexity index is 936. The van der Waals surface area contributed by atoms with Crippen molar-refractivity contribution >= 4 is 35.1 Å². The molecule has 1 heterocycles. The Labute approximate surface area is 192 Å². The van der Waals surface area contributed by atoms with E-state index in [0.717, 1.165) is 13.1 Å². The van der Waals surface area contributed by atoms with Crippen molar-refractivity contribution in [2.45, 2.75) is 38.9 Å². The van der Waals surface area contributed by atoms with Gasteiger partial charge in [0, 0.05) is 47.3 Å². The summed E-state index contributed by atoms with van der Waals surface area (Å²) in [4.78, 5) is 28.1. The predicted molar refractivity (Wildman–Crippen MR) is 121 cm³/mol. The topological polar surface area (TPSA) is 70.1 Å². The standard InChI is InChI=1S/C23H26Cl2N2O4/c1-15-12-27(16(2)11-26(15)13-17-3-5-19(24)6-4-17)22(28)14-31-21-8-7-20(25)9-18(21)10-23(29)30/h3-9,15-16H,10-14H2,1-2H3,(H,29,30). The first-order valence-electron chi connectivity index (χ1n) is 10.1. The number of halogens is 2. The van der Waals surface area contributed by atoms with Crippen LogP contribution in [0.1, 0.15) is 25.0 Å². The fourth-order valence-electron chi connectivity index (χ4n) is 3.80. The number of ether oxygens (including phenoxy) is 1. The monoisotopic (exact) mass is 464 g/mol. The quantitative estimate of drug-likeness (QED) is 0.666. The summed E-state index contributed by atoms with van der Waals surface area (Å²) < 4.78 is 5.69. The van der Waals surface area contributed by atoms with E-state index in [1.807, 2.05) is 36.1 Å². The van der Waals surface area contributed by atoms with Crippen LogP contribution in [0.4, 0.5) is 0 Å². The van der Waals surface area contributed by atoms with E-state index in [1.54, 1.807) is 18.2 Å². The van der Waals surface area contributed by atoms with E-state index in [9.17, 15) is 9.59 Å². The molecule has 0 spiro atoms. The molecule has 2 aromatic rings. The Balaban J connectivity index is 1.59. The van der Waals surface area contributed by atoms with Crippen LogP contribution in [0.3, 0.4) is 0 Å². The normalized spacial score (nSPS) is 19.3. The molecule has 6 nitrogen and oxygen atoms in total. The number of hydrogen-bond acceptors (Lipinski definition) is 4. The number of aliphatic carboxylic acids is 1. The number of rotatable bonds is 7. The number of carboxylic acid groups (broad SMARTS) is 1. The van der Waals surface area contributed by atoms with Crippen molar-refractivity contribution in [2.24, 2.45) is 0 Å². The Morgan fingerprint density at radius 1 is 1.03 bits per heavy atom. The van der Waals surface area contributed by atoms with Gasteiger partial charge in [-0.25, -0.2) is 0 Å². The van der Waals surface area contributed by atoms with Crippen molar-refractivity contribution in [3.05, 3.63) is 63.6 Å². The Kier molecular flexibility index (Phi) is 7.81. The van der Waals surface area contributed by atoms with Gasteiger partial charge >= 0.3 is 5.97 Å². The highest BCUT2D eigenvalue weighted by molar-refractivity contribution is 6.30. The van der Waals surface area contributed by atoms with Gasteiger partial charge in [-0.3, -0.25) is 14.5 Å². The van der Waals surface area contributed by atoms with Gasteiger partial charge in [0.2, 0.25) is 0 Å². The highest BCUT2D eigenvalue weighted by atomic mass is 35.5. The van der Waals surface area contributed by atoms with Crippen LogP contribution >= 0.6 is 23.2 Å². The summed E-state index contributed by atoms with van der Waals surface area (Å²) in [7, 11) is 0. The lowest BCUT2D eigenvalue weighted by molar-refractivity contribution is -0.139. The van der Waals surface area contributed by atoms with Crippen LogP contribution in [0.25, 0.3) is 0 Å². The maximum absolute atomic E-state index is 12.9. The number of amides is 1. The third kappa shape index (κ3) is 6.35. The van der Waals surface area contributed by atoms with Crippen LogP contribution in [-0.4, -0.2) is 58.6 Å².